The highest BCUT2D eigenvalue weighted by Gasteiger charge is 2.17. The average Bonchev–Trinajstić information content (AvgIpc) is 3.18. The molecule has 0 radical (unpaired) electrons. The van der Waals surface area contributed by atoms with Crippen LogP contribution in [-0.2, 0) is 0 Å². The molecule has 0 saturated carbocycles. The van der Waals surface area contributed by atoms with Crippen LogP contribution in [0.25, 0.3) is 21.8 Å². The van der Waals surface area contributed by atoms with Gasteiger partial charge in [0.15, 0.2) is 0 Å². The number of aromatic nitrogens is 1. The number of thiazole rings is 1. The summed E-state index contributed by atoms with van der Waals surface area (Å²) in [4.78, 5) is 17.5. The van der Waals surface area contributed by atoms with Gasteiger partial charge >= 0.3 is 0 Å². The van der Waals surface area contributed by atoms with Crippen molar-refractivity contribution in [1.82, 2.24) is 4.98 Å². The molecule has 0 unspecified atom stereocenters. The molecule has 29 heavy (non-hydrogen) atoms. The van der Waals surface area contributed by atoms with Crippen molar-refractivity contribution in [3.05, 3.63) is 90.2 Å². The Labute approximate surface area is 171 Å². The van der Waals surface area contributed by atoms with Gasteiger partial charge in [-0.3, -0.25) is 4.79 Å². The van der Waals surface area contributed by atoms with Crippen LogP contribution in [0, 0.1) is 5.82 Å². The van der Waals surface area contributed by atoms with E-state index in [1.807, 2.05) is 54.6 Å². The summed E-state index contributed by atoms with van der Waals surface area (Å²) >= 11 is 1.38. The number of rotatable bonds is 5. The normalized spacial score (nSPS) is 10.6. The Morgan fingerprint density at radius 3 is 2.41 bits per heavy atom. The van der Waals surface area contributed by atoms with Crippen LogP contribution < -0.4 is 10.1 Å². The Kier molecular flexibility index (Phi) is 5.35. The van der Waals surface area contributed by atoms with E-state index >= 15 is 0 Å². The van der Waals surface area contributed by atoms with Crippen LogP contribution in [0.15, 0.2) is 78.9 Å². The van der Waals surface area contributed by atoms with Crippen molar-refractivity contribution in [2.75, 3.05) is 12.4 Å². The van der Waals surface area contributed by atoms with Crippen molar-refractivity contribution in [3.63, 3.8) is 0 Å². The number of benzene rings is 3. The summed E-state index contributed by atoms with van der Waals surface area (Å²) < 4.78 is 18.5. The lowest BCUT2D eigenvalue weighted by Crippen LogP contribution is -2.11. The highest BCUT2D eigenvalue weighted by molar-refractivity contribution is 7.19. The van der Waals surface area contributed by atoms with Crippen molar-refractivity contribution < 1.29 is 13.9 Å². The Morgan fingerprint density at radius 2 is 1.69 bits per heavy atom. The van der Waals surface area contributed by atoms with Gasteiger partial charge in [0.05, 0.1) is 7.11 Å². The second-order valence-electron chi connectivity index (χ2n) is 6.26. The lowest BCUT2D eigenvalue weighted by molar-refractivity contribution is 0.102. The molecule has 1 aromatic heterocycles. The van der Waals surface area contributed by atoms with Crippen molar-refractivity contribution in [2.45, 2.75) is 0 Å². The standard InChI is InChI=1S/C23H17FN2O2S/c1-28-19-9-5-8-17(14-19)22-25-20(15-6-3-2-4-7-15)23(29-22)26-21(27)16-10-12-18(24)13-11-16/h2-14H,1H3,(H,26,27). The topological polar surface area (TPSA) is 51.2 Å². The molecule has 0 aliphatic heterocycles. The van der Waals surface area contributed by atoms with Gasteiger partial charge in [0.2, 0.25) is 0 Å². The van der Waals surface area contributed by atoms with Crippen molar-refractivity contribution in [3.8, 4) is 27.6 Å². The fourth-order valence-electron chi connectivity index (χ4n) is 2.85. The predicted molar refractivity (Wildman–Crippen MR) is 114 cm³/mol. The van der Waals surface area contributed by atoms with Crippen LogP contribution >= 0.6 is 11.3 Å². The van der Waals surface area contributed by atoms with E-state index in [-0.39, 0.29) is 11.7 Å². The van der Waals surface area contributed by atoms with Crippen molar-refractivity contribution >= 4 is 22.2 Å². The molecule has 0 bridgehead atoms. The molecule has 0 aliphatic carbocycles. The van der Waals surface area contributed by atoms with Gasteiger partial charge in [-0.1, -0.05) is 53.8 Å². The predicted octanol–water partition coefficient (Wildman–Crippen LogP) is 5.88. The molecule has 0 atom stereocenters. The van der Waals surface area contributed by atoms with Gasteiger partial charge in [-0.05, 0) is 36.4 Å². The van der Waals surface area contributed by atoms with Gasteiger partial charge in [0, 0.05) is 16.7 Å². The number of ether oxygens (including phenoxy) is 1. The Bertz CT molecular complexity index is 1140. The number of hydrogen-bond acceptors (Lipinski definition) is 4. The molecule has 144 valence electrons. The molecule has 0 spiro atoms. The zero-order valence-electron chi connectivity index (χ0n) is 15.6. The average molecular weight is 404 g/mol. The maximum Gasteiger partial charge on any atom is 0.256 e. The summed E-state index contributed by atoms with van der Waals surface area (Å²) in [5.41, 5.74) is 2.85. The van der Waals surface area contributed by atoms with E-state index in [4.69, 9.17) is 9.72 Å². The fraction of sp³-hybridized carbons (Fsp3) is 0.0435. The minimum Gasteiger partial charge on any atom is -0.497 e. The van der Waals surface area contributed by atoms with E-state index in [9.17, 15) is 9.18 Å². The highest BCUT2D eigenvalue weighted by atomic mass is 32.1. The first kappa shape index (κ1) is 18.8. The van der Waals surface area contributed by atoms with Crippen LogP contribution in [0.1, 0.15) is 10.4 Å². The first-order chi connectivity index (χ1) is 14.1. The van der Waals surface area contributed by atoms with Gasteiger partial charge in [-0.15, -0.1) is 0 Å². The lowest BCUT2D eigenvalue weighted by Gasteiger charge is -2.05. The number of anilines is 1. The van der Waals surface area contributed by atoms with E-state index in [2.05, 4.69) is 5.32 Å². The zero-order valence-corrected chi connectivity index (χ0v) is 16.4. The monoisotopic (exact) mass is 404 g/mol. The Morgan fingerprint density at radius 1 is 0.966 bits per heavy atom. The smallest absolute Gasteiger partial charge is 0.256 e. The van der Waals surface area contributed by atoms with Gasteiger partial charge in [0.25, 0.3) is 5.91 Å². The van der Waals surface area contributed by atoms with Crippen LogP contribution in [0.5, 0.6) is 5.75 Å². The Balaban J connectivity index is 1.74. The molecule has 4 nitrogen and oxygen atoms in total. The molecule has 6 heteroatoms. The number of hydrogen-bond donors (Lipinski definition) is 1. The number of nitrogens with one attached hydrogen (secondary N) is 1. The molecule has 0 fully saturated rings. The van der Waals surface area contributed by atoms with E-state index < -0.39 is 0 Å². The number of nitrogens with zero attached hydrogens (tertiary/aromatic N) is 1. The number of methoxy groups -OCH3 is 1. The molecule has 0 saturated heterocycles. The largest absolute Gasteiger partial charge is 0.497 e. The SMILES string of the molecule is COc1cccc(-c2nc(-c3ccccc3)c(NC(=O)c3ccc(F)cc3)s2)c1. The minimum atomic E-state index is -0.385. The molecule has 0 aliphatic rings. The van der Waals surface area contributed by atoms with Crippen LogP contribution in [-0.4, -0.2) is 18.0 Å². The number of carbonyl (C=O) groups is 1. The zero-order chi connectivity index (χ0) is 20.2. The van der Waals surface area contributed by atoms with E-state index in [0.717, 1.165) is 21.9 Å². The summed E-state index contributed by atoms with van der Waals surface area (Å²) in [6.45, 7) is 0. The van der Waals surface area contributed by atoms with Crippen LogP contribution in [0.3, 0.4) is 0 Å². The third kappa shape index (κ3) is 4.17. The summed E-state index contributed by atoms with van der Waals surface area (Å²) in [5.74, 6) is 0.0310. The quantitative estimate of drug-likeness (QED) is 0.452. The molecule has 1 N–H and O–H groups in total. The second kappa shape index (κ2) is 8.24. The van der Waals surface area contributed by atoms with Gasteiger partial charge in [-0.2, -0.15) is 0 Å². The molecule has 4 rings (SSSR count). The third-order valence-electron chi connectivity index (χ3n) is 4.32. The maximum atomic E-state index is 13.2. The van der Waals surface area contributed by atoms with Gasteiger partial charge in [0.1, 0.15) is 27.3 Å². The third-order valence-corrected chi connectivity index (χ3v) is 5.34. The van der Waals surface area contributed by atoms with Gasteiger partial charge < -0.3 is 10.1 Å². The van der Waals surface area contributed by atoms with E-state index in [1.165, 1.54) is 35.6 Å². The summed E-state index contributed by atoms with van der Waals surface area (Å²) in [6, 6.07) is 22.7. The van der Waals surface area contributed by atoms with Crippen molar-refractivity contribution in [2.24, 2.45) is 0 Å². The number of amides is 1. The molecule has 3 aromatic carbocycles. The fourth-order valence-corrected chi connectivity index (χ4v) is 3.83. The van der Waals surface area contributed by atoms with Crippen molar-refractivity contribution in [1.29, 1.82) is 0 Å². The summed E-state index contributed by atoms with van der Waals surface area (Å²) in [5, 5.41) is 4.32. The highest BCUT2D eigenvalue weighted by Crippen LogP contribution is 2.38. The molecule has 1 heterocycles. The molecule has 4 aromatic rings. The molecular formula is C23H17FN2O2S. The molecule has 1 amide bonds. The maximum absolute atomic E-state index is 13.2. The van der Waals surface area contributed by atoms with Crippen LogP contribution in [0.2, 0.25) is 0 Å². The minimum absolute atomic E-state index is 0.317. The Hall–Kier alpha value is -3.51. The first-order valence-corrected chi connectivity index (χ1v) is 9.73. The first-order valence-electron chi connectivity index (χ1n) is 8.91. The van der Waals surface area contributed by atoms with E-state index in [0.29, 0.717) is 16.3 Å². The number of halogens is 1. The summed E-state index contributed by atoms with van der Waals surface area (Å²) in [7, 11) is 1.62. The second-order valence-corrected chi connectivity index (χ2v) is 7.25. The van der Waals surface area contributed by atoms with E-state index in [1.54, 1.807) is 7.11 Å². The molecular weight excluding hydrogens is 387 g/mol. The lowest BCUT2D eigenvalue weighted by atomic mass is 10.1. The van der Waals surface area contributed by atoms with Crippen LogP contribution in [0.4, 0.5) is 9.39 Å². The number of carbonyl (C=O) groups excluding carboxylic acids is 1. The summed E-state index contributed by atoms with van der Waals surface area (Å²) in [6.07, 6.45) is 0. The van der Waals surface area contributed by atoms with Gasteiger partial charge in [-0.25, -0.2) is 9.37 Å².